The highest BCUT2D eigenvalue weighted by molar-refractivity contribution is 4.89. The average molecular weight is 156 g/mol. The van der Waals surface area contributed by atoms with E-state index < -0.39 is 5.60 Å². The minimum atomic E-state index is -0.416. The molecule has 0 bridgehead atoms. The van der Waals surface area contributed by atoms with Crippen molar-refractivity contribution in [2.75, 3.05) is 0 Å². The minimum absolute atomic E-state index is 0.334. The van der Waals surface area contributed by atoms with Gasteiger partial charge in [0.2, 0.25) is 0 Å². The van der Waals surface area contributed by atoms with E-state index in [-0.39, 0.29) is 0 Å². The first-order valence-electron chi connectivity index (χ1n) is 4.53. The number of hydrogen-bond acceptors (Lipinski definition) is 1. The summed E-state index contributed by atoms with van der Waals surface area (Å²) in [5, 5.41) is 9.88. The summed E-state index contributed by atoms with van der Waals surface area (Å²) < 4.78 is 0. The van der Waals surface area contributed by atoms with Gasteiger partial charge in [-0.05, 0) is 37.5 Å². The molecular weight excluding hydrogens is 136 g/mol. The topological polar surface area (TPSA) is 20.2 Å². The van der Waals surface area contributed by atoms with E-state index in [2.05, 4.69) is 20.8 Å². The summed E-state index contributed by atoms with van der Waals surface area (Å²) in [5.41, 5.74) is -0.0810. The molecule has 1 saturated carbocycles. The Morgan fingerprint density at radius 3 is 2.09 bits per heavy atom. The summed E-state index contributed by atoms with van der Waals surface area (Å²) in [7, 11) is 0. The second kappa shape index (κ2) is 2.48. The van der Waals surface area contributed by atoms with Crippen LogP contribution in [0.1, 0.15) is 47.0 Å². The van der Waals surface area contributed by atoms with Gasteiger partial charge >= 0.3 is 0 Å². The number of hydrogen-bond donors (Lipinski definition) is 1. The summed E-state index contributed by atoms with van der Waals surface area (Å²) in [6, 6.07) is 0. The number of aliphatic hydroxyl groups is 1. The summed E-state index contributed by atoms with van der Waals surface area (Å²) in [6.45, 7) is 8.69. The SMILES string of the molecule is CC1CC(C)(C)CC(C)(O)C1. The fraction of sp³-hybridized carbons (Fsp3) is 1.00. The second-order valence-corrected chi connectivity index (χ2v) is 5.35. The molecule has 0 aromatic rings. The maximum absolute atomic E-state index is 9.88. The molecule has 0 saturated heterocycles. The van der Waals surface area contributed by atoms with E-state index >= 15 is 0 Å². The van der Waals surface area contributed by atoms with Gasteiger partial charge in [0.15, 0.2) is 0 Å². The van der Waals surface area contributed by atoms with E-state index in [1.54, 1.807) is 0 Å². The quantitative estimate of drug-likeness (QED) is 0.571. The van der Waals surface area contributed by atoms with Crippen LogP contribution in [0.2, 0.25) is 0 Å². The molecule has 0 radical (unpaired) electrons. The predicted octanol–water partition coefficient (Wildman–Crippen LogP) is 2.58. The van der Waals surface area contributed by atoms with Crippen molar-refractivity contribution < 1.29 is 5.11 Å². The van der Waals surface area contributed by atoms with Crippen molar-refractivity contribution >= 4 is 0 Å². The van der Waals surface area contributed by atoms with Crippen LogP contribution in [0.4, 0.5) is 0 Å². The van der Waals surface area contributed by atoms with Crippen molar-refractivity contribution in [1.82, 2.24) is 0 Å². The lowest BCUT2D eigenvalue weighted by molar-refractivity contribution is -0.0435. The normalized spacial score (nSPS) is 43.9. The molecule has 0 spiro atoms. The zero-order valence-electron chi connectivity index (χ0n) is 8.15. The highest BCUT2D eigenvalue weighted by Crippen LogP contribution is 2.43. The largest absolute Gasteiger partial charge is 0.390 e. The molecule has 11 heavy (non-hydrogen) atoms. The Hall–Kier alpha value is -0.0400. The molecular formula is C10H20O. The Morgan fingerprint density at radius 2 is 1.73 bits per heavy atom. The predicted molar refractivity (Wildman–Crippen MR) is 47.4 cm³/mol. The molecule has 1 heteroatoms. The van der Waals surface area contributed by atoms with Gasteiger partial charge in [-0.25, -0.2) is 0 Å². The smallest absolute Gasteiger partial charge is 0.0627 e. The van der Waals surface area contributed by atoms with Gasteiger partial charge in [-0.1, -0.05) is 20.8 Å². The van der Waals surface area contributed by atoms with Crippen molar-refractivity contribution in [2.45, 2.75) is 52.6 Å². The van der Waals surface area contributed by atoms with Crippen molar-refractivity contribution in [1.29, 1.82) is 0 Å². The molecule has 1 aliphatic rings. The fourth-order valence-electron chi connectivity index (χ4n) is 2.94. The van der Waals surface area contributed by atoms with Gasteiger partial charge in [0.05, 0.1) is 5.60 Å². The Balaban J connectivity index is 2.66. The molecule has 0 aliphatic heterocycles. The molecule has 2 atom stereocenters. The Labute approximate surface area is 69.8 Å². The standard InChI is InChI=1S/C10H20O/c1-8-5-9(2,3)7-10(4,11)6-8/h8,11H,5-7H2,1-4H3. The van der Waals surface area contributed by atoms with E-state index in [9.17, 15) is 5.11 Å². The monoisotopic (exact) mass is 156 g/mol. The van der Waals surface area contributed by atoms with Crippen molar-refractivity contribution in [3.8, 4) is 0 Å². The lowest BCUT2D eigenvalue weighted by Gasteiger charge is -2.42. The lowest BCUT2D eigenvalue weighted by Crippen LogP contribution is -2.39. The van der Waals surface area contributed by atoms with E-state index in [1.807, 2.05) is 6.92 Å². The third-order valence-electron chi connectivity index (χ3n) is 2.55. The van der Waals surface area contributed by atoms with Crippen LogP contribution >= 0.6 is 0 Å². The zero-order valence-corrected chi connectivity index (χ0v) is 8.15. The third kappa shape index (κ3) is 2.48. The van der Waals surface area contributed by atoms with Gasteiger partial charge in [0.1, 0.15) is 0 Å². The van der Waals surface area contributed by atoms with Crippen LogP contribution < -0.4 is 0 Å². The van der Waals surface area contributed by atoms with Gasteiger partial charge in [-0.15, -0.1) is 0 Å². The van der Waals surface area contributed by atoms with Crippen LogP contribution in [0, 0.1) is 11.3 Å². The van der Waals surface area contributed by atoms with Gasteiger partial charge in [-0.3, -0.25) is 0 Å². The maximum atomic E-state index is 9.88. The molecule has 1 fully saturated rings. The second-order valence-electron chi connectivity index (χ2n) is 5.35. The molecule has 2 unspecified atom stereocenters. The van der Waals surface area contributed by atoms with Crippen LogP contribution in [0.5, 0.6) is 0 Å². The van der Waals surface area contributed by atoms with Crippen LogP contribution in [0.25, 0.3) is 0 Å². The van der Waals surface area contributed by atoms with Crippen LogP contribution in [-0.4, -0.2) is 10.7 Å². The first-order chi connectivity index (χ1) is 4.81. The van der Waals surface area contributed by atoms with Crippen molar-refractivity contribution in [3.05, 3.63) is 0 Å². The molecule has 1 N–H and O–H groups in total. The number of rotatable bonds is 0. The molecule has 0 heterocycles. The fourth-order valence-corrected chi connectivity index (χ4v) is 2.94. The maximum Gasteiger partial charge on any atom is 0.0627 e. The van der Waals surface area contributed by atoms with E-state index in [1.165, 1.54) is 6.42 Å². The molecule has 0 amide bonds. The van der Waals surface area contributed by atoms with Gasteiger partial charge < -0.3 is 5.11 Å². The summed E-state index contributed by atoms with van der Waals surface area (Å²) in [6.07, 6.45) is 3.17. The first kappa shape index (κ1) is 9.05. The highest BCUT2D eigenvalue weighted by Gasteiger charge is 2.37. The van der Waals surface area contributed by atoms with E-state index in [0.29, 0.717) is 11.3 Å². The molecule has 66 valence electrons. The molecule has 1 rings (SSSR count). The summed E-state index contributed by atoms with van der Waals surface area (Å²) in [4.78, 5) is 0. The Bertz CT molecular complexity index is 131. The molecule has 0 aromatic carbocycles. The third-order valence-corrected chi connectivity index (χ3v) is 2.55. The highest BCUT2D eigenvalue weighted by atomic mass is 16.3. The van der Waals surface area contributed by atoms with Crippen molar-refractivity contribution in [3.63, 3.8) is 0 Å². The summed E-state index contributed by atoms with van der Waals surface area (Å²) >= 11 is 0. The van der Waals surface area contributed by atoms with Crippen LogP contribution in [-0.2, 0) is 0 Å². The summed E-state index contributed by atoms with van der Waals surface area (Å²) in [5.74, 6) is 0.675. The average Bonchev–Trinajstić information content (AvgIpc) is 1.49. The molecule has 0 aromatic heterocycles. The lowest BCUT2D eigenvalue weighted by atomic mass is 9.66. The van der Waals surface area contributed by atoms with Crippen LogP contribution in [0.15, 0.2) is 0 Å². The van der Waals surface area contributed by atoms with E-state index in [0.717, 1.165) is 12.8 Å². The Kier molecular flexibility index (Phi) is 2.04. The first-order valence-corrected chi connectivity index (χ1v) is 4.53. The van der Waals surface area contributed by atoms with Crippen molar-refractivity contribution in [2.24, 2.45) is 11.3 Å². The van der Waals surface area contributed by atoms with E-state index in [4.69, 9.17) is 0 Å². The van der Waals surface area contributed by atoms with Gasteiger partial charge in [-0.2, -0.15) is 0 Å². The minimum Gasteiger partial charge on any atom is -0.390 e. The van der Waals surface area contributed by atoms with Crippen LogP contribution in [0.3, 0.4) is 0 Å². The molecule has 1 nitrogen and oxygen atoms in total. The van der Waals surface area contributed by atoms with Gasteiger partial charge in [0.25, 0.3) is 0 Å². The molecule has 1 aliphatic carbocycles. The zero-order chi connectivity index (χ0) is 8.70. The Morgan fingerprint density at radius 1 is 1.18 bits per heavy atom. The van der Waals surface area contributed by atoms with Gasteiger partial charge in [0, 0.05) is 0 Å².